The molecule has 3 N–H and O–H groups in total. The second kappa shape index (κ2) is 8.61. The molecule has 0 heterocycles. The van der Waals surface area contributed by atoms with Crippen LogP contribution in [0.1, 0.15) is 57.1 Å². The summed E-state index contributed by atoms with van der Waals surface area (Å²) in [6, 6.07) is 2.05. The van der Waals surface area contributed by atoms with Gasteiger partial charge in [0, 0.05) is 10.0 Å². The lowest BCUT2D eigenvalue weighted by Crippen LogP contribution is -2.29. The number of benzene rings is 1. The molecule has 0 amide bonds. The molecular formula is C14H21BrF2N2. The molecule has 0 radical (unpaired) electrons. The van der Waals surface area contributed by atoms with Crippen LogP contribution in [0.4, 0.5) is 8.78 Å². The predicted molar refractivity (Wildman–Crippen MR) is 77.5 cm³/mol. The van der Waals surface area contributed by atoms with E-state index >= 15 is 0 Å². The molecule has 0 fully saturated rings. The summed E-state index contributed by atoms with van der Waals surface area (Å²) in [6.45, 7) is 2.15. The van der Waals surface area contributed by atoms with Crippen LogP contribution in [0.25, 0.3) is 0 Å². The second-order valence-electron chi connectivity index (χ2n) is 4.71. The number of hydrazine groups is 1. The van der Waals surface area contributed by atoms with Gasteiger partial charge in [-0.25, -0.2) is 8.78 Å². The summed E-state index contributed by atoms with van der Waals surface area (Å²) in [4.78, 5) is 0. The first-order valence-electron chi connectivity index (χ1n) is 6.70. The first-order valence-corrected chi connectivity index (χ1v) is 7.50. The Kier molecular flexibility index (Phi) is 7.49. The fraction of sp³-hybridized carbons (Fsp3) is 0.571. The molecule has 0 saturated heterocycles. The van der Waals surface area contributed by atoms with Crippen LogP contribution < -0.4 is 11.3 Å². The van der Waals surface area contributed by atoms with Crippen LogP contribution in [-0.4, -0.2) is 0 Å². The fourth-order valence-electron chi connectivity index (χ4n) is 2.15. The Morgan fingerprint density at radius 2 is 1.74 bits per heavy atom. The zero-order valence-corrected chi connectivity index (χ0v) is 12.8. The average Bonchev–Trinajstić information content (AvgIpc) is 2.35. The highest BCUT2D eigenvalue weighted by Gasteiger charge is 2.19. The Bertz CT molecular complexity index is 376. The van der Waals surface area contributed by atoms with E-state index in [2.05, 4.69) is 28.3 Å². The summed E-state index contributed by atoms with van der Waals surface area (Å²) in [5.74, 6) is 4.29. The molecule has 0 aliphatic heterocycles. The lowest BCUT2D eigenvalue weighted by Gasteiger charge is -2.18. The van der Waals surface area contributed by atoms with Crippen LogP contribution in [0.15, 0.2) is 16.6 Å². The van der Waals surface area contributed by atoms with Gasteiger partial charge in [0.15, 0.2) is 0 Å². The molecule has 5 heteroatoms. The third-order valence-corrected chi connectivity index (χ3v) is 3.65. The number of nitrogens with two attached hydrogens (primary N) is 1. The maximum Gasteiger partial charge on any atom is 0.132 e. The molecule has 0 aliphatic rings. The van der Waals surface area contributed by atoms with Gasteiger partial charge in [-0.1, -0.05) is 55.0 Å². The zero-order valence-electron chi connectivity index (χ0n) is 11.2. The first-order chi connectivity index (χ1) is 9.10. The molecule has 0 spiro atoms. The highest BCUT2D eigenvalue weighted by Crippen LogP contribution is 2.27. The Morgan fingerprint density at radius 1 is 1.16 bits per heavy atom. The van der Waals surface area contributed by atoms with Gasteiger partial charge in [0.1, 0.15) is 11.6 Å². The van der Waals surface area contributed by atoms with Crippen molar-refractivity contribution in [1.29, 1.82) is 0 Å². The van der Waals surface area contributed by atoms with Crippen molar-refractivity contribution in [1.82, 2.24) is 5.43 Å². The maximum absolute atomic E-state index is 13.8. The van der Waals surface area contributed by atoms with Crippen LogP contribution in [0.3, 0.4) is 0 Å². The van der Waals surface area contributed by atoms with Crippen LogP contribution >= 0.6 is 15.9 Å². The SMILES string of the molecule is CCCCCCCC(NN)c1c(F)cc(Br)cc1F. The minimum atomic E-state index is -0.566. The normalized spacial score (nSPS) is 12.7. The molecule has 19 heavy (non-hydrogen) atoms. The lowest BCUT2D eigenvalue weighted by atomic mass is 9.99. The van der Waals surface area contributed by atoms with Gasteiger partial charge in [0.2, 0.25) is 0 Å². The summed E-state index contributed by atoms with van der Waals surface area (Å²) in [7, 11) is 0. The second-order valence-corrected chi connectivity index (χ2v) is 5.62. The largest absolute Gasteiger partial charge is 0.271 e. The molecule has 1 aromatic rings. The van der Waals surface area contributed by atoms with Gasteiger partial charge in [0.05, 0.1) is 6.04 Å². The van der Waals surface area contributed by atoms with Crippen molar-refractivity contribution in [3.63, 3.8) is 0 Å². The molecule has 1 atom stereocenters. The lowest BCUT2D eigenvalue weighted by molar-refractivity contribution is 0.435. The highest BCUT2D eigenvalue weighted by molar-refractivity contribution is 9.10. The van der Waals surface area contributed by atoms with E-state index in [0.717, 1.165) is 19.3 Å². The molecule has 0 aliphatic carbocycles. The third-order valence-electron chi connectivity index (χ3n) is 3.19. The number of halogens is 3. The van der Waals surface area contributed by atoms with E-state index in [1.807, 2.05) is 0 Å². The van der Waals surface area contributed by atoms with Gasteiger partial charge >= 0.3 is 0 Å². The van der Waals surface area contributed by atoms with Crippen molar-refractivity contribution >= 4 is 15.9 Å². The Labute approximate surface area is 121 Å². The monoisotopic (exact) mass is 334 g/mol. The van der Waals surface area contributed by atoms with E-state index in [4.69, 9.17) is 5.84 Å². The molecule has 2 nitrogen and oxygen atoms in total. The Balaban J connectivity index is 2.64. The quantitative estimate of drug-likeness (QED) is 0.414. The minimum absolute atomic E-state index is 0.0289. The summed E-state index contributed by atoms with van der Waals surface area (Å²) < 4.78 is 28.0. The van der Waals surface area contributed by atoms with E-state index in [-0.39, 0.29) is 5.56 Å². The van der Waals surface area contributed by atoms with Crippen LogP contribution in [0, 0.1) is 11.6 Å². The molecule has 108 valence electrons. The van der Waals surface area contributed by atoms with Crippen molar-refractivity contribution in [3.8, 4) is 0 Å². The van der Waals surface area contributed by atoms with Crippen molar-refractivity contribution < 1.29 is 8.78 Å². The van der Waals surface area contributed by atoms with Crippen molar-refractivity contribution in [2.75, 3.05) is 0 Å². The summed E-state index contributed by atoms with van der Waals surface area (Å²) in [6.07, 6.45) is 6.13. The van der Waals surface area contributed by atoms with Crippen molar-refractivity contribution in [2.24, 2.45) is 5.84 Å². The topological polar surface area (TPSA) is 38.0 Å². The number of unbranched alkanes of at least 4 members (excludes halogenated alkanes) is 4. The standard InChI is InChI=1S/C14H21BrF2N2/c1-2-3-4-5-6-7-13(19-18)14-11(16)8-10(15)9-12(14)17/h8-9,13,19H,2-7,18H2,1H3. The number of hydrogen-bond acceptors (Lipinski definition) is 2. The van der Waals surface area contributed by atoms with Crippen LogP contribution in [0.5, 0.6) is 0 Å². The van der Waals surface area contributed by atoms with Crippen molar-refractivity contribution in [3.05, 3.63) is 33.8 Å². The van der Waals surface area contributed by atoms with Gasteiger partial charge in [-0.3, -0.25) is 11.3 Å². The molecule has 1 rings (SSSR count). The predicted octanol–water partition coefficient (Wildman–Crippen LogP) is 4.59. The average molecular weight is 335 g/mol. The van der Waals surface area contributed by atoms with Gasteiger partial charge in [-0.15, -0.1) is 0 Å². The van der Waals surface area contributed by atoms with Crippen LogP contribution in [0.2, 0.25) is 0 Å². The molecule has 1 unspecified atom stereocenters. The van der Waals surface area contributed by atoms with Gasteiger partial charge < -0.3 is 0 Å². The third kappa shape index (κ3) is 5.16. The Hall–Kier alpha value is -0.520. The summed E-state index contributed by atoms with van der Waals surface area (Å²) in [5.41, 5.74) is 2.54. The summed E-state index contributed by atoms with van der Waals surface area (Å²) in [5, 5.41) is 0. The van der Waals surface area contributed by atoms with Crippen molar-refractivity contribution in [2.45, 2.75) is 51.5 Å². The van der Waals surface area contributed by atoms with E-state index in [0.29, 0.717) is 10.9 Å². The van der Waals surface area contributed by atoms with E-state index in [1.165, 1.54) is 25.0 Å². The van der Waals surface area contributed by atoms with Gasteiger partial charge in [0.25, 0.3) is 0 Å². The molecule has 0 bridgehead atoms. The smallest absolute Gasteiger partial charge is 0.132 e. The molecule has 0 saturated carbocycles. The molecular weight excluding hydrogens is 314 g/mol. The summed E-state index contributed by atoms with van der Waals surface area (Å²) >= 11 is 3.07. The van der Waals surface area contributed by atoms with Crippen LogP contribution in [-0.2, 0) is 0 Å². The van der Waals surface area contributed by atoms with E-state index < -0.39 is 17.7 Å². The zero-order chi connectivity index (χ0) is 14.3. The highest BCUT2D eigenvalue weighted by atomic mass is 79.9. The molecule has 1 aromatic carbocycles. The fourth-order valence-corrected chi connectivity index (χ4v) is 2.55. The van der Waals surface area contributed by atoms with E-state index in [1.54, 1.807) is 0 Å². The van der Waals surface area contributed by atoms with Gasteiger partial charge in [-0.2, -0.15) is 0 Å². The first kappa shape index (κ1) is 16.5. The number of rotatable bonds is 8. The minimum Gasteiger partial charge on any atom is -0.271 e. The molecule has 0 aromatic heterocycles. The van der Waals surface area contributed by atoms with Gasteiger partial charge in [-0.05, 0) is 18.6 Å². The maximum atomic E-state index is 13.8. The number of hydrogen-bond donors (Lipinski definition) is 2. The van der Waals surface area contributed by atoms with E-state index in [9.17, 15) is 8.78 Å². The number of nitrogens with one attached hydrogen (secondary N) is 1. The Morgan fingerprint density at radius 3 is 2.26 bits per heavy atom.